The van der Waals surface area contributed by atoms with E-state index in [2.05, 4.69) is 10.3 Å². The van der Waals surface area contributed by atoms with Crippen molar-refractivity contribution in [3.8, 4) is 0 Å². The smallest absolute Gasteiger partial charge is 0.258 e. The van der Waals surface area contributed by atoms with Crippen LogP contribution in [0.2, 0.25) is 5.02 Å². The van der Waals surface area contributed by atoms with Gasteiger partial charge in [0.25, 0.3) is 5.91 Å². The van der Waals surface area contributed by atoms with Crippen molar-refractivity contribution < 1.29 is 9.18 Å². The minimum Gasteiger partial charge on any atom is -0.359 e. The molecule has 7 heteroatoms. The van der Waals surface area contributed by atoms with Crippen LogP contribution >= 0.6 is 22.9 Å². The zero-order chi connectivity index (χ0) is 17.4. The number of halogens is 2. The Labute approximate surface area is 152 Å². The van der Waals surface area contributed by atoms with Gasteiger partial charge in [-0.25, -0.2) is 4.39 Å². The molecule has 0 fully saturated rings. The Morgan fingerprint density at radius 1 is 1.28 bits per heavy atom. The summed E-state index contributed by atoms with van der Waals surface area (Å²) in [4.78, 5) is 20.0. The van der Waals surface area contributed by atoms with Gasteiger partial charge in [0.05, 0.1) is 28.5 Å². The van der Waals surface area contributed by atoms with Gasteiger partial charge in [0.2, 0.25) is 0 Å². The summed E-state index contributed by atoms with van der Waals surface area (Å²) in [6.45, 7) is 0.462. The number of fused-ring (bicyclic) bond motifs is 1. The highest BCUT2D eigenvalue weighted by atomic mass is 35.5. The standard InChI is InChI=1S/C18H13ClFN3OS/c19-14-9-11(20)5-6-15(14)22-17-16-13(4-1-7-21-16)18(24)23(17)10-12-3-2-8-25-12/h1-9,17,22H,10H2/t17-/m0/s1. The van der Waals surface area contributed by atoms with Crippen molar-refractivity contribution in [1.82, 2.24) is 9.88 Å². The first kappa shape index (κ1) is 16.1. The molecule has 0 unspecified atom stereocenters. The van der Waals surface area contributed by atoms with E-state index in [1.165, 1.54) is 12.1 Å². The zero-order valence-corrected chi connectivity index (χ0v) is 14.5. The van der Waals surface area contributed by atoms with Crippen molar-refractivity contribution in [2.45, 2.75) is 12.7 Å². The number of thiophene rings is 1. The molecular weight excluding hydrogens is 361 g/mol. The maximum atomic E-state index is 13.3. The minimum absolute atomic E-state index is 0.0905. The van der Waals surface area contributed by atoms with Crippen LogP contribution in [0.25, 0.3) is 0 Å². The molecule has 0 radical (unpaired) electrons. The van der Waals surface area contributed by atoms with E-state index in [-0.39, 0.29) is 10.9 Å². The maximum Gasteiger partial charge on any atom is 0.258 e. The SMILES string of the molecule is O=C1c2cccnc2[C@@H](Nc2ccc(F)cc2Cl)N1Cc1cccs1. The van der Waals surface area contributed by atoms with E-state index in [0.717, 1.165) is 4.88 Å². The van der Waals surface area contributed by atoms with Crippen molar-refractivity contribution in [2.75, 3.05) is 5.32 Å². The summed E-state index contributed by atoms with van der Waals surface area (Å²) < 4.78 is 13.3. The zero-order valence-electron chi connectivity index (χ0n) is 12.9. The highest BCUT2D eigenvalue weighted by Crippen LogP contribution is 2.36. The summed E-state index contributed by atoms with van der Waals surface area (Å²) in [6.07, 6.45) is 1.19. The topological polar surface area (TPSA) is 45.2 Å². The lowest BCUT2D eigenvalue weighted by Gasteiger charge is -2.26. The fraction of sp³-hybridized carbons (Fsp3) is 0.111. The number of amides is 1. The second-order valence-corrected chi connectivity index (χ2v) is 7.06. The van der Waals surface area contributed by atoms with Crippen LogP contribution in [0.1, 0.15) is 27.1 Å². The average molecular weight is 374 g/mol. The van der Waals surface area contributed by atoms with E-state index in [1.807, 2.05) is 17.5 Å². The van der Waals surface area contributed by atoms with E-state index in [9.17, 15) is 9.18 Å². The molecule has 3 heterocycles. The van der Waals surface area contributed by atoms with E-state index in [1.54, 1.807) is 40.6 Å². The molecule has 0 saturated carbocycles. The van der Waals surface area contributed by atoms with Crippen molar-refractivity contribution in [2.24, 2.45) is 0 Å². The molecule has 126 valence electrons. The molecule has 3 aromatic rings. The molecule has 1 aliphatic heterocycles. The van der Waals surface area contributed by atoms with Gasteiger partial charge in [-0.1, -0.05) is 17.7 Å². The van der Waals surface area contributed by atoms with Crippen LogP contribution in [0.15, 0.2) is 54.0 Å². The molecule has 4 nitrogen and oxygen atoms in total. The largest absolute Gasteiger partial charge is 0.359 e. The number of hydrogen-bond acceptors (Lipinski definition) is 4. The third-order valence-electron chi connectivity index (χ3n) is 4.03. The van der Waals surface area contributed by atoms with Gasteiger partial charge in [-0.2, -0.15) is 0 Å². The Morgan fingerprint density at radius 3 is 2.92 bits per heavy atom. The molecule has 1 aliphatic rings. The Kier molecular flexibility index (Phi) is 4.15. The van der Waals surface area contributed by atoms with E-state index in [0.29, 0.717) is 23.5 Å². The molecule has 0 spiro atoms. The Balaban J connectivity index is 1.71. The Morgan fingerprint density at radius 2 is 2.16 bits per heavy atom. The molecule has 4 rings (SSSR count). The lowest BCUT2D eigenvalue weighted by Crippen LogP contribution is -2.31. The lowest BCUT2D eigenvalue weighted by molar-refractivity contribution is 0.0729. The third kappa shape index (κ3) is 2.99. The van der Waals surface area contributed by atoms with Gasteiger partial charge in [-0.15, -0.1) is 11.3 Å². The molecule has 1 atom stereocenters. The van der Waals surface area contributed by atoms with Crippen LogP contribution in [0, 0.1) is 5.82 Å². The Hall–Kier alpha value is -2.44. The molecule has 1 N–H and O–H groups in total. The predicted octanol–water partition coefficient (Wildman–Crippen LogP) is 4.70. The van der Waals surface area contributed by atoms with Gasteiger partial charge >= 0.3 is 0 Å². The summed E-state index contributed by atoms with van der Waals surface area (Å²) in [5, 5.41) is 5.46. The van der Waals surface area contributed by atoms with E-state index in [4.69, 9.17) is 11.6 Å². The third-order valence-corrected chi connectivity index (χ3v) is 5.20. The predicted molar refractivity (Wildman–Crippen MR) is 96.2 cm³/mol. The van der Waals surface area contributed by atoms with E-state index < -0.39 is 12.0 Å². The summed E-state index contributed by atoms with van der Waals surface area (Å²) in [7, 11) is 0. The summed E-state index contributed by atoms with van der Waals surface area (Å²) >= 11 is 7.72. The average Bonchev–Trinajstić information content (AvgIpc) is 3.20. The number of nitrogens with zero attached hydrogens (tertiary/aromatic N) is 2. The molecule has 0 saturated heterocycles. The first-order valence-electron chi connectivity index (χ1n) is 7.63. The molecule has 0 aliphatic carbocycles. The molecule has 1 amide bonds. The van der Waals surface area contributed by atoms with Gasteiger partial charge in [-0.3, -0.25) is 9.78 Å². The second-order valence-electron chi connectivity index (χ2n) is 5.62. The van der Waals surface area contributed by atoms with Gasteiger partial charge in [0, 0.05) is 11.1 Å². The van der Waals surface area contributed by atoms with Crippen LogP contribution in [0.3, 0.4) is 0 Å². The number of anilines is 1. The van der Waals surface area contributed by atoms with Crippen LogP contribution < -0.4 is 5.32 Å². The highest BCUT2D eigenvalue weighted by molar-refractivity contribution is 7.09. The van der Waals surface area contributed by atoms with Crippen molar-refractivity contribution in [3.63, 3.8) is 0 Å². The van der Waals surface area contributed by atoms with Crippen molar-refractivity contribution in [3.05, 3.63) is 81.0 Å². The number of aromatic nitrogens is 1. The number of carbonyl (C=O) groups is 1. The number of nitrogens with one attached hydrogen (secondary N) is 1. The fourth-order valence-corrected chi connectivity index (χ4v) is 3.79. The number of pyridine rings is 1. The minimum atomic E-state index is -0.464. The van der Waals surface area contributed by atoms with Crippen molar-refractivity contribution >= 4 is 34.5 Å². The monoisotopic (exact) mass is 373 g/mol. The van der Waals surface area contributed by atoms with Crippen LogP contribution in [-0.2, 0) is 6.54 Å². The molecular formula is C18H13ClFN3OS. The summed E-state index contributed by atoms with van der Waals surface area (Å²) in [6, 6.07) is 11.6. The van der Waals surface area contributed by atoms with Gasteiger partial charge < -0.3 is 10.2 Å². The van der Waals surface area contributed by atoms with Gasteiger partial charge in [-0.05, 0) is 41.8 Å². The Bertz CT molecular complexity index is 932. The first-order chi connectivity index (χ1) is 12.1. The van der Waals surface area contributed by atoms with Crippen LogP contribution in [0.5, 0.6) is 0 Å². The van der Waals surface area contributed by atoms with Gasteiger partial charge in [0.15, 0.2) is 0 Å². The number of hydrogen-bond donors (Lipinski definition) is 1. The maximum absolute atomic E-state index is 13.3. The first-order valence-corrected chi connectivity index (χ1v) is 8.89. The summed E-state index contributed by atoms with van der Waals surface area (Å²) in [5.41, 5.74) is 1.76. The fourth-order valence-electron chi connectivity index (χ4n) is 2.87. The second kappa shape index (κ2) is 6.46. The van der Waals surface area contributed by atoms with E-state index >= 15 is 0 Å². The summed E-state index contributed by atoms with van der Waals surface area (Å²) in [5.74, 6) is -0.501. The van der Waals surface area contributed by atoms with Crippen LogP contribution in [-0.4, -0.2) is 15.8 Å². The molecule has 0 bridgehead atoms. The quantitative estimate of drug-likeness (QED) is 0.720. The van der Waals surface area contributed by atoms with Crippen LogP contribution in [0.4, 0.5) is 10.1 Å². The molecule has 2 aromatic heterocycles. The van der Waals surface area contributed by atoms with Crippen molar-refractivity contribution in [1.29, 1.82) is 0 Å². The normalized spacial score (nSPS) is 16.2. The highest BCUT2D eigenvalue weighted by Gasteiger charge is 2.38. The molecule has 25 heavy (non-hydrogen) atoms. The lowest BCUT2D eigenvalue weighted by atomic mass is 10.2. The van der Waals surface area contributed by atoms with Gasteiger partial charge in [0.1, 0.15) is 12.0 Å². The number of carbonyl (C=O) groups excluding carboxylic acids is 1. The number of rotatable bonds is 4. The number of benzene rings is 1. The molecule has 1 aromatic carbocycles.